The van der Waals surface area contributed by atoms with Crippen LogP contribution in [0.4, 0.5) is 0 Å². The fourth-order valence-corrected chi connectivity index (χ4v) is 8.59. The normalized spacial score (nSPS) is 11.8. The molecule has 12 aromatic rings. The molecule has 9 aromatic carbocycles. The summed E-state index contributed by atoms with van der Waals surface area (Å²) in [6, 6.07) is 65.0. The van der Waals surface area contributed by atoms with Crippen LogP contribution in [0.5, 0.6) is 0 Å². The number of hydrogen-bond donors (Lipinski definition) is 0. The van der Waals surface area contributed by atoms with Gasteiger partial charge in [0.15, 0.2) is 17.5 Å². The predicted octanol–water partition coefficient (Wildman–Crippen LogP) is 14.3. The molecule has 0 atom stereocenters. The largest absolute Gasteiger partial charge is 0.456 e. The van der Waals surface area contributed by atoms with Crippen LogP contribution in [0.15, 0.2) is 197 Å². The van der Waals surface area contributed by atoms with Gasteiger partial charge in [-0.3, -0.25) is 0 Å². The third-order valence-corrected chi connectivity index (χ3v) is 11.3. The standard InChI is InChI=1S/C53H31N3O2/c1-3-13-32(14-4-1)35-27-25-33-26-28-36(30-37(33)29-35)51-54-52(43-22-12-24-46-49(43)42-21-11-20-38(50(42)58-46)34-15-5-2-6-16-34)56-53(55-51)44-31-47-48(40-18-8-7-17-39(40)44)41-19-9-10-23-45(41)57-47/h1-31H. The van der Waals surface area contributed by atoms with Crippen LogP contribution in [0.25, 0.3) is 122 Å². The Balaban J connectivity index is 1.12. The molecule has 0 unspecified atom stereocenters. The van der Waals surface area contributed by atoms with Crippen molar-refractivity contribution in [3.05, 3.63) is 188 Å². The number of nitrogens with zero attached hydrogens (tertiary/aromatic N) is 3. The summed E-state index contributed by atoms with van der Waals surface area (Å²) in [7, 11) is 0. The average molecular weight is 742 g/mol. The average Bonchev–Trinajstić information content (AvgIpc) is 3.88. The van der Waals surface area contributed by atoms with Gasteiger partial charge in [-0.1, -0.05) is 158 Å². The van der Waals surface area contributed by atoms with Gasteiger partial charge < -0.3 is 8.83 Å². The van der Waals surface area contributed by atoms with Crippen LogP contribution in [-0.2, 0) is 0 Å². The molecule has 0 bridgehead atoms. The number of hydrogen-bond acceptors (Lipinski definition) is 5. The van der Waals surface area contributed by atoms with Crippen molar-refractivity contribution in [3.8, 4) is 56.4 Å². The first-order chi connectivity index (χ1) is 28.7. The van der Waals surface area contributed by atoms with E-state index >= 15 is 0 Å². The van der Waals surface area contributed by atoms with Crippen LogP contribution >= 0.6 is 0 Å². The van der Waals surface area contributed by atoms with E-state index in [1.54, 1.807) is 0 Å². The Morgan fingerprint density at radius 1 is 0.293 bits per heavy atom. The molecule has 5 heteroatoms. The van der Waals surface area contributed by atoms with Crippen molar-refractivity contribution in [1.82, 2.24) is 15.0 Å². The van der Waals surface area contributed by atoms with E-state index in [0.29, 0.717) is 17.5 Å². The van der Waals surface area contributed by atoms with Gasteiger partial charge in [-0.25, -0.2) is 15.0 Å². The molecule has 0 N–H and O–H groups in total. The highest BCUT2D eigenvalue weighted by Crippen LogP contribution is 2.43. The second kappa shape index (κ2) is 12.8. The van der Waals surface area contributed by atoms with Gasteiger partial charge in [0.25, 0.3) is 0 Å². The molecule has 3 aromatic heterocycles. The van der Waals surface area contributed by atoms with Crippen molar-refractivity contribution in [2.24, 2.45) is 0 Å². The number of fused-ring (bicyclic) bond motifs is 9. The van der Waals surface area contributed by atoms with Crippen LogP contribution < -0.4 is 0 Å². The first-order valence-electron chi connectivity index (χ1n) is 19.4. The maximum atomic E-state index is 6.68. The van der Waals surface area contributed by atoms with Gasteiger partial charge in [-0.2, -0.15) is 0 Å². The maximum Gasteiger partial charge on any atom is 0.164 e. The first-order valence-corrected chi connectivity index (χ1v) is 19.4. The molecule has 3 heterocycles. The molecule has 0 spiro atoms. The molecule has 0 saturated carbocycles. The Hall–Kier alpha value is -7.89. The number of benzene rings is 9. The molecule has 0 fully saturated rings. The zero-order valence-corrected chi connectivity index (χ0v) is 31.1. The smallest absolute Gasteiger partial charge is 0.164 e. The van der Waals surface area contributed by atoms with Gasteiger partial charge in [-0.05, 0) is 68.6 Å². The Labute approximate surface area is 332 Å². The van der Waals surface area contributed by atoms with Crippen molar-refractivity contribution in [2.45, 2.75) is 0 Å². The molecule has 0 saturated heterocycles. The minimum Gasteiger partial charge on any atom is -0.456 e. The summed E-state index contributed by atoms with van der Waals surface area (Å²) in [5.41, 5.74) is 10.3. The molecule has 0 aliphatic carbocycles. The lowest BCUT2D eigenvalue weighted by Gasteiger charge is -2.12. The van der Waals surface area contributed by atoms with E-state index in [0.717, 1.165) is 98.8 Å². The number of aromatic nitrogens is 3. The molecular weight excluding hydrogens is 711 g/mol. The SMILES string of the molecule is c1ccc(-c2ccc3ccc(-c4nc(-c5cc6oc7ccccc7c6c6ccccc56)nc(-c5cccc6oc7c(-c8ccccc8)cccc7c56)n4)cc3c2)cc1. The summed E-state index contributed by atoms with van der Waals surface area (Å²) < 4.78 is 13.2. The fourth-order valence-electron chi connectivity index (χ4n) is 8.59. The van der Waals surface area contributed by atoms with Crippen molar-refractivity contribution >= 4 is 65.4 Å². The van der Waals surface area contributed by atoms with Gasteiger partial charge in [0.2, 0.25) is 0 Å². The zero-order chi connectivity index (χ0) is 38.2. The van der Waals surface area contributed by atoms with Crippen molar-refractivity contribution in [1.29, 1.82) is 0 Å². The summed E-state index contributed by atoms with van der Waals surface area (Å²) in [5.74, 6) is 1.70. The lowest BCUT2D eigenvalue weighted by molar-refractivity contribution is 0.669. The predicted molar refractivity (Wildman–Crippen MR) is 237 cm³/mol. The lowest BCUT2D eigenvalue weighted by atomic mass is 9.98. The first kappa shape index (κ1) is 32.4. The van der Waals surface area contributed by atoms with E-state index in [1.165, 1.54) is 5.56 Å². The minimum atomic E-state index is 0.560. The van der Waals surface area contributed by atoms with Crippen LogP contribution in [0.3, 0.4) is 0 Å². The van der Waals surface area contributed by atoms with Gasteiger partial charge >= 0.3 is 0 Å². The van der Waals surface area contributed by atoms with Gasteiger partial charge in [0.1, 0.15) is 22.3 Å². The maximum absolute atomic E-state index is 6.68. The molecule has 0 aliphatic heterocycles. The van der Waals surface area contributed by atoms with E-state index in [2.05, 4.69) is 152 Å². The number of rotatable bonds is 5. The van der Waals surface area contributed by atoms with Gasteiger partial charge in [0.05, 0.1) is 0 Å². The number of para-hydroxylation sites is 2. The number of furan rings is 2. The van der Waals surface area contributed by atoms with Crippen molar-refractivity contribution < 1.29 is 8.83 Å². The topological polar surface area (TPSA) is 65.0 Å². The van der Waals surface area contributed by atoms with E-state index in [9.17, 15) is 0 Å². The summed E-state index contributed by atoms with van der Waals surface area (Å²) in [6.07, 6.45) is 0. The molecule has 58 heavy (non-hydrogen) atoms. The highest BCUT2D eigenvalue weighted by molar-refractivity contribution is 6.22. The van der Waals surface area contributed by atoms with Gasteiger partial charge in [-0.15, -0.1) is 0 Å². The van der Waals surface area contributed by atoms with Crippen LogP contribution in [0.1, 0.15) is 0 Å². The van der Waals surface area contributed by atoms with Gasteiger partial charge in [0, 0.05) is 43.8 Å². The van der Waals surface area contributed by atoms with Crippen LogP contribution in [-0.4, -0.2) is 15.0 Å². The molecule has 0 amide bonds. The molecule has 5 nitrogen and oxygen atoms in total. The Morgan fingerprint density at radius 2 is 0.897 bits per heavy atom. The quantitative estimate of drug-likeness (QED) is 0.176. The van der Waals surface area contributed by atoms with E-state index < -0.39 is 0 Å². The minimum absolute atomic E-state index is 0.560. The van der Waals surface area contributed by atoms with Crippen LogP contribution in [0, 0.1) is 0 Å². The second-order valence-electron chi connectivity index (χ2n) is 14.7. The summed E-state index contributed by atoms with van der Waals surface area (Å²) in [4.78, 5) is 15.9. The summed E-state index contributed by atoms with van der Waals surface area (Å²) >= 11 is 0. The van der Waals surface area contributed by atoms with Crippen molar-refractivity contribution in [3.63, 3.8) is 0 Å². The summed E-state index contributed by atoms with van der Waals surface area (Å²) in [6.45, 7) is 0. The Bertz CT molecular complexity index is 3570. The fraction of sp³-hybridized carbons (Fsp3) is 0. The van der Waals surface area contributed by atoms with Crippen molar-refractivity contribution in [2.75, 3.05) is 0 Å². The Kier molecular flexibility index (Phi) is 7.16. The Morgan fingerprint density at radius 3 is 1.72 bits per heavy atom. The monoisotopic (exact) mass is 741 g/mol. The third kappa shape index (κ3) is 5.14. The highest BCUT2D eigenvalue weighted by atomic mass is 16.3. The third-order valence-electron chi connectivity index (χ3n) is 11.3. The lowest BCUT2D eigenvalue weighted by Crippen LogP contribution is -2.01. The molecule has 0 aliphatic rings. The molecule has 0 radical (unpaired) electrons. The highest BCUT2D eigenvalue weighted by Gasteiger charge is 2.22. The molecule has 270 valence electrons. The summed E-state index contributed by atoms with van der Waals surface area (Å²) in [5, 5.41) is 8.49. The second-order valence-corrected chi connectivity index (χ2v) is 14.7. The molecular formula is C53H31N3O2. The van der Waals surface area contributed by atoms with E-state index in [1.807, 2.05) is 36.4 Å². The van der Waals surface area contributed by atoms with E-state index in [4.69, 9.17) is 23.8 Å². The zero-order valence-electron chi connectivity index (χ0n) is 31.1. The molecule has 12 rings (SSSR count). The van der Waals surface area contributed by atoms with E-state index in [-0.39, 0.29) is 0 Å². The van der Waals surface area contributed by atoms with Crippen LogP contribution in [0.2, 0.25) is 0 Å².